The van der Waals surface area contributed by atoms with Crippen molar-refractivity contribution in [2.24, 2.45) is 4.99 Å². The van der Waals surface area contributed by atoms with Gasteiger partial charge in [0.2, 0.25) is 12.0 Å². The van der Waals surface area contributed by atoms with E-state index in [2.05, 4.69) is 35.0 Å². The molecule has 2 aliphatic heterocycles. The lowest BCUT2D eigenvalue weighted by Crippen LogP contribution is -2.44. The van der Waals surface area contributed by atoms with Crippen LogP contribution in [0.25, 0.3) is 11.0 Å². The average Bonchev–Trinajstić information content (AvgIpc) is 3.11. The van der Waals surface area contributed by atoms with E-state index in [1.165, 1.54) is 25.8 Å². The molecule has 0 spiro atoms. The molecule has 4 rings (SSSR count). The summed E-state index contributed by atoms with van der Waals surface area (Å²) < 4.78 is 11.9. The van der Waals surface area contributed by atoms with Gasteiger partial charge in [-0.3, -0.25) is 0 Å². The first-order chi connectivity index (χ1) is 14.3. The van der Waals surface area contributed by atoms with E-state index in [0.29, 0.717) is 24.5 Å². The fraction of sp³-hybridized carbons (Fsp3) is 0.542. The van der Waals surface area contributed by atoms with Crippen molar-refractivity contribution >= 4 is 22.9 Å². The van der Waals surface area contributed by atoms with Crippen LogP contribution in [0.15, 0.2) is 39.8 Å². The molecule has 2 aromatic rings. The fourth-order valence-electron chi connectivity index (χ4n) is 4.87. The number of isocyanates is 1. The average molecular weight is 395 g/mol. The summed E-state index contributed by atoms with van der Waals surface area (Å²) in [4.78, 5) is 17.6. The molecule has 2 atom stereocenters. The van der Waals surface area contributed by atoms with Gasteiger partial charge in [-0.25, -0.2) is 4.79 Å². The minimum Gasteiger partial charge on any atom is -0.493 e. The summed E-state index contributed by atoms with van der Waals surface area (Å²) in [6.07, 6.45) is 14.0. The van der Waals surface area contributed by atoms with Crippen molar-refractivity contribution in [3.05, 3.63) is 35.9 Å². The Labute approximate surface area is 172 Å². The van der Waals surface area contributed by atoms with Gasteiger partial charge in [-0.05, 0) is 75.7 Å². The normalized spacial score (nSPS) is 22.5. The van der Waals surface area contributed by atoms with Crippen LogP contribution >= 0.6 is 0 Å². The summed E-state index contributed by atoms with van der Waals surface area (Å²) in [5, 5.41) is 1.02. The van der Waals surface area contributed by atoms with Gasteiger partial charge in [-0.1, -0.05) is 25.5 Å². The topological polar surface area (TPSA) is 55.0 Å². The number of ether oxygens (including phenoxy) is 1. The van der Waals surface area contributed by atoms with Crippen molar-refractivity contribution in [3.63, 3.8) is 0 Å². The molecule has 154 valence electrons. The lowest BCUT2D eigenvalue weighted by molar-refractivity contribution is 0.0977. The lowest BCUT2D eigenvalue weighted by Gasteiger charge is -2.42. The smallest absolute Gasteiger partial charge is 0.243 e. The number of nitrogens with zero attached hydrogens (tertiary/aromatic N) is 2. The van der Waals surface area contributed by atoms with Crippen molar-refractivity contribution in [1.82, 2.24) is 4.90 Å². The zero-order valence-corrected chi connectivity index (χ0v) is 17.2. The molecule has 5 heteroatoms. The van der Waals surface area contributed by atoms with Crippen molar-refractivity contribution < 1.29 is 13.9 Å². The van der Waals surface area contributed by atoms with Gasteiger partial charge in [-0.15, -0.1) is 4.99 Å². The monoisotopic (exact) mass is 394 g/mol. The molecule has 0 radical (unpaired) electrons. The van der Waals surface area contributed by atoms with Crippen LogP contribution in [0.3, 0.4) is 0 Å². The summed E-state index contributed by atoms with van der Waals surface area (Å²) in [6.45, 7) is 5.09. The fourth-order valence-corrected chi connectivity index (χ4v) is 4.87. The highest BCUT2D eigenvalue weighted by Gasteiger charge is 2.34. The Bertz CT molecular complexity index is 910. The zero-order valence-electron chi connectivity index (χ0n) is 17.2. The third kappa shape index (κ3) is 4.47. The highest BCUT2D eigenvalue weighted by molar-refractivity contribution is 5.87. The van der Waals surface area contributed by atoms with Gasteiger partial charge in [0.05, 0.1) is 6.61 Å². The molecule has 0 aliphatic carbocycles. The molecule has 1 aromatic heterocycles. The molecule has 0 saturated carbocycles. The van der Waals surface area contributed by atoms with Gasteiger partial charge in [0.15, 0.2) is 0 Å². The molecular formula is C24H30N2O3. The molecule has 29 heavy (non-hydrogen) atoms. The SMILES string of the molecule is CCC=CCCOc1ccc2oc(N=C=O)c(C3CCN4CCCCC4C3)c2c1. The van der Waals surface area contributed by atoms with Crippen LogP contribution in [0.1, 0.15) is 63.4 Å². The second-order valence-electron chi connectivity index (χ2n) is 8.11. The van der Waals surface area contributed by atoms with E-state index < -0.39 is 0 Å². The largest absolute Gasteiger partial charge is 0.493 e. The highest BCUT2D eigenvalue weighted by atomic mass is 16.5. The molecule has 0 bridgehead atoms. The van der Waals surface area contributed by atoms with Crippen LogP contribution in [-0.4, -0.2) is 36.7 Å². The minimum atomic E-state index is 0.352. The molecule has 2 aliphatic rings. The maximum Gasteiger partial charge on any atom is 0.243 e. The third-order valence-electron chi connectivity index (χ3n) is 6.26. The number of hydrogen-bond donors (Lipinski definition) is 0. The Morgan fingerprint density at radius 3 is 3.07 bits per heavy atom. The van der Waals surface area contributed by atoms with Crippen molar-refractivity contribution in [2.45, 2.75) is 63.8 Å². The van der Waals surface area contributed by atoms with E-state index >= 15 is 0 Å². The van der Waals surface area contributed by atoms with Gasteiger partial charge in [0, 0.05) is 17.0 Å². The number of carbonyl (C=O) groups excluding carboxylic acids is 1. The van der Waals surface area contributed by atoms with Crippen molar-refractivity contribution in [2.75, 3.05) is 19.7 Å². The Morgan fingerprint density at radius 1 is 1.28 bits per heavy atom. The number of piperidine rings is 2. The number of fused-ring (bicyclic) bond motifs is 2. The first-order valence-electron chi connectivity index (χ1n) is 11.0. The quantitative estimate of drug-likeness (QED) is 0.255. The molecule has 0 N–H and O–H groups in total. The number of allylic oxidation sites excluding steroid dienone is 1. The second kappa shape index (κ2) is 9.43. The van der Waals surface area contributed by atoms with Crippen molar-refractivity contribution in [1.29, 1.82) is 0 Å². The second-order valence-corrected chi connectivity index (χ2v) is 8.11. The van der Waals surface area contributed by atoms with Crippen LogP contribution in [0.4, 0.5) is 5.88 Å². The van der Waals surface area contributed by atoms with Crippen LogP contribution in [0.5, 0.6) is 5.75 Å². The van der Waals surface area contributed by atoms with Gasteiger partial charge in [0.1, 0.15) is 11.3 Å². The van der Waals surface area contributed by atoms with Gasteiger partial charge in [-0.2, -0.15) is 0 Å². The molecule has 0 amide bonds. The van der Waals surface area contributed by atoms with Crippen LogP contribution < -0.4 is 4.74 Å². The summed E-state index contributed by atoms with van der Waals surface area (Å²) in [5.41, 5.74) is 1.82. The van der Waals surface area contributed by atoms with Gasteiger partial charge < -0.3 is 14.1 Å². The molecule has 2 unspecified atom stereocenters. The molecule has 3 heterocycles. The van der Waals surface area contributed by atoms with Gasteiger partial charge >= 0.3 is 0 Å². The standard InChI is InChI=1S/C24H30N2O3/c1-2-3-4-7-14-28-20-9-10-22-21(16-20)23(24(29-22)25-17-27)18-11-13-26-12-6-5-8-19(26)15-18/h3-4,9-10,16,18-19H,2,5-8,11-15H2,1H3. The predicted molar refractivity (Wildman–Crippen MR) is 115 cm³/mol. The molecule has 2 saturated heterocycles. The Balaban J connectivity index is 1.60. The molecule has 5 nitrogen and oxygen atoms in total. The minimum absolute atomic E-state index is 0.352. The Hall–Kier alpha value is -2.36. The number of benzene rings is 1. The summed E-state index contributed by atoms with van der Waals surface area (Å²) >= 11 is 0. The molecule has 2 fully saturated rings. The summed E-state index contributed by atoms with van der Waals surface area (Å²) in [6, 6.07) is 6.53. The van der Waals surface area contributed by atoms with Crippen LogP contribution in [0.2, 0.25) is 0 Å². The van der Waals surface area contributed by atoms with E-state index in [4.69, 9.17) is 9.15 Å². The van der Waals surface area contributed by atoms with E-state index in [1.807, 2.05) is 12.1 Å². The predicted octanol–water partition coefficient (Wildman–Crippen LogP) is 5.87. The van der Waals surface area contributed by atoms with E-state index in [0.717, 1.165) is 54.5 Å². The summed E-state index contributed by atoms with van der Waals surface area (Å²) in [5.74, 6) is 1.61. The molecule has 1 aromatic carbocycles. The van der Waals surface area contributed by atoms with E-state index in [9.17, 15) is 4.79 Å². The van der Waals surface area contributed by atoms with E-state index in [-0.39, 0.29) is 0 Å². The van der Waals surface area contributed by atoms with Crippen LogP contribution in [0, 0.1) is 0 Å². The van der Waals surface area contributed by atoms with Crippen LogP contribution in [-0.2, 0) is 4.79 Å². The number of aliphatic imine (C=N–C) groups is 1. The number of hydrogen-bond acceptors (Lipinski definition) is 5. The highest BCUT2D eigenvalue weighted by Crippen LogP contribution is 2.45. The Morgan fingerprint density at radius 2 is 2.21 bits per heavy atom. The third-order valence-corrected chi connectivity index (χ3v) is 6.26. The first-order valence-corrected chi connectivity index (χ1v) is 11.0. The summed E-state index contributed by atoms with van der Waals surface area (Å²) in [7, 11) is 0. The first kappa shape index (κ1) is 19.9. The lowest BCUT2D eigenvalue weighted by atomic mass is 9.81. The van der Waals surface area contributed by atoms with Gasteiger partial charge in [0.25, 0.3) is 0 Å². The zero-order chi connectivity index (χ0) is 20.1. The van der Waals surface area contributed by atoms with E-state index in [1.54, 1.807) is 6.08 Å². The molecular weight excluding hydrogens is 364 g/mol. The number of rotatable bonds is 7. The Kier molecular flexibility index (Phi) is 6.48. The van der Waals surface area contributed by atoms with Crippen molar-refractivity contribution in [3.8, 4) is 5.75 Å². The maximum atomic E-state index is 11.0. The number of furan rings is 1. The maximum absolute atomic E-state index is 11.0.